The topological polar surface area (TPSA) is 52.6 Å². The Bertz CT molecular complexity index is 572. The van der Waals surface area contributed by atoms with Gasteiger partial charge in [0.05, 0.1) is 3.57 Å². The van der Waals surface area contributed by atoms with E-state index in [1.165, 1.54) is 0 Å². The van der Waals surface area contributed by atoms with E-state index >= 15 is 0 Å². The molecule has 1 amide bonds. The van der Waals surface area contributed by atoms with Crippen molar-refractivity contribution in [2.75, 3.05) is 6.54 Å². The first-order chi connectivity index (χ1) is 9.02. The Hall–Kier alpha value is -1.15. The molecule has 1 fully saturated rings. The molecule has 0 atom stereocenters. The number of carbonyl (C=O) groups excluding carboxylic acids is 1. The maximum Gasteiger partial charge on any atom is 0.276 e. The van der Waals surface area contributed by atoms with E-state index in [1.807, 2.05) is 35.6 Å². The molecule has 1 aliphatic rings. The van der Waals surface area contributed by atoms with Gasteiger partial charge < -0.3 is 10.4 Å². The number of nitrogens with one attached hydrogen (secondary N) is 1. The van der Waals surface area contributed by atoms with E-state index in [0.717, 1.165) is 15.6 Å². The lowest BCUT2D eigenvalue weighted by molar-refractivity contribution is -0.122. The van der Waals surface area contributed by atoms with Crippen LogP contribution in [0.1, 0.15) is 18.9 Å². The number of phenolic OH excluding ortho intramolecular Hbond substituents is 1. The number of phenols is 1. The first-order valence-electron chi connectivity index (χ1n) is 5.86. The molecular formula is C13H13IN2O2S. The van der Waals surface area contributed by atoms with Crippen LogP contribution < -0.4 is 5.32 Å². The number of thiocarbonyl (C=S) groups is 1. The van der Waals surface area contributed by atoms with Gasteiger partial charge in [-0.15, -0.1) is 0 Å². The monoisotopic (exact) mass is 388 g/mol. The van der Waals surface area contributed by atoms with E-state index in [-0.39, 0.29) is 11.7 Å². The highest BCUT2D eigenvalue weighted by Crippen LogP contribution is 2.22. The van der Waals surface area contributed by atoms with E-state index in [2.05, 4.69) is 5.32 Å². The predicted octanol–water partition coefficient (Wildman–Crippen LogP) is 2.46. The predicted molar refractivity (Wildman–Crippen MR) is 86.5 cm³/mol. The van der Waals surface area contributed by atoms with Gasteiger partial charge in [0.25, 0.3) is 5.91 Å². The number of carbonyl (C=O) groups is 1. The number of nitrogens with zero attached hydrogens (tertiary/aromatic N) is 1. The number of hydrogen-bond acceptors (Lipinski definition) is 3. The molecule has 0 radical (unpaired) electrons. The summed E-state index contributed by atoms with van der Waals surface area (Å²) in [5.74, 6) is 0.131. The average molecular weight is 388 g/mol. The molecule has 2 N–H and O–H groups in total. The number of halogens is 1. The molecule has 1 saturated heterocycles. The van der Waals surface area contributed by atoms with Crippen LogP contribution in [0, 0.1) is 3.57 Å². The molecule has 0 spiro atoms. The second-order valence-electron chi connectivity index (χ2n) is 4.16. The van der Waals surface area contributed by atoms with E-state index in [4.69, 9.17) is 12.2 Å². The van der Waals surface area contributed by atoms with Crippen molar-refractivity contribution in [3.63, 3.8) is 0 Å². The van der Waals surface area contributed by atoms with E-state index in [9.17, 15) is 9.90 Å². The molecule has 1 aliphatic heterocycles. The standard InChI is InChI=1S/C13H13IN2O2S/c1-2-5-16-12(18)10(15-13(16)19)7-8-3-4-11(17)9(14)6-8/h3-4,6-7,17H,2,5H2,1H3,(H,15,19). The lowest BCUT2D eigenvalue weighted by Gasteiger charge is -2.11. The number of benzene rings is 1. The molecule has 19 heavy (non-hydrogen) atoms. The fraction of sp³-hybridized carbons (Fsp3) is 0.231. The third-order valence-corrected chi connectivity index (χ3v) is 3.88. The van der Waals surface area contributed by atoms with Crippen molar-refractivity contribution in [2.45, 2.75) is 13.3 Å². The molecule has 1 heterocycles. The summed E-state index contributed by atoms with van der Waals surface area (Å²) in [7, 11) is 0. The normalized spacial score (nSPS) is 17.2. The molecule has 6 heteroatoms. The van der Waals surface area contributed by atoms with Crippen molar-refractivity contribution >= 4 is 51.9 Å². The van der Waals surface area contributed by atoms with E-state index in [0.29, 0.717) is 17.4 Å². The number of rotatable bonds is 3. The van der Waals surface area contributed by atoms with Crippen molar-refractivity contribution < 1.29 is 9.90 Å². The van der Waals surface area contributed by atoms with Crippen molar-refractivity contribution in [1.82, 2.24) is 10.2 Å². The summed E-state index contributed by atoms with van der Waals surface area (Å²) in [5, 5.41) is 12.8. The van der Waals surface area contributed by atoms with Gasteiger partial charge in [-0.25, -0.2) is 0 Å². The Balaban J connectivity index is 2.27. The third kappa shape index (κ3) is 3.06. The van der Waals surface area contributed by atoms with Crippen molar-refractivity contribution in [1.29, 1.82) is 0 Å². The largest absolute Gasteiger partial charge is 0.507 e. The highest BCUT2D eigenvalue weighted by Gasteiger charge is 2.29. The zero-order chi connectivity index (χ0) is 14.0. The maximum absolute atomic E-state index is 12.1. The molecule has 1 aromatic rings. The molecule has 0 aromatic heterocycles. The van der Waals surface area contributed by atoms with Gasteiger partial charge in [-0.3, -0.25) is 9.69 Å². The van der Waals surface area contributed by atoms with Crippen LogP contribution in [-0.4, -0.2) is 27.6 Å². The van der Waals surface area contributed by atoms with E-state index < -0.39 is 0 Å². The fourth-order valence-corrected chi connectivity index (χ4v) is 2.60. The third-order valence-electron chi connectivity index (χ3n) is 2.69. The smallest absolute Gasteiger partial charge is 0.276 e. The minimum atomic E-state index is -0.102. The number of hydrogen-bond donors (Lipinski definition) is 2. The average Bonchev–Trinajstić information content (AvgIpc) is 2.62. The Morgan fingerprint density at radius 1 is 1.53 bits per heavy atom. The lowest BCUT2D eigenvalue weighted by Crippen LogP contribution is -2.31. The Morgan fingerprint density at radius 2 is 2.26 bits per heavy atom. The highest BCUT2D eigenvalue weighted by molar-refractivity contribution is 14.1. The molecule has 1 aromatic carbocycles. The van der Waals surface area contributed by atoms with Gasteiger partial charge in [0, 0.05) is 6.54 Å². The maximum atomic E-state index is 12.1. The van der Waals surface area contributed by atoms with Gasteiger partial charge in [-0.2, -0.15) is 0 Å². The zero-order valence-corrected chi connectivity index (χ0v) is 13.3. The lowest BCUT2D eigenvalue weighted by atomic mass is 10.2. The van der Waals surface area contributed by atoms with Crippen molar-refractivity contribution in [2.24, 2.45) is 0 Å². The van der Waals surface area contributed by atoms with Gasteiger partial charge in [0.1, 0.15) is 11.4 Å². The fourth-order valence-electron chi connectivity index (χ4n) is 1.78. The molecule has 100 valence electrons. The molecular weight excluding hydrogens is 375 g/mol. The summed E-state index contributed by atoms with van der Waals surface area (Å²) in [6, 6.07) is 5.17. The first-order valence-corrected chi connectivity index (χ1v) is 7.34. The van der Waals surface area contributed by atoms with Gasteiger partial charge in [0.15, 0.2) is 5.11 Å². The zero-order valence-electron chi connectivity index (χ0n) is 10.3. The van der Waals surface area contributed by atoms with Crippen LogP contribution in [0.15, 0.2) is 23.9 Å². The molecule has 4 nitrogen and oxygen atoms in total. The minimum Gasteiger partial charge on any atom is -0.507 e. The molecule has 2 rings (SSSR count). The van der Waals surface area contributed by atoms with Crippen LogP contribution in [0.3, 0.4) is 0 Å². The quantitative estimate of drug-likeness (QED) is 0.475. The SMILES string of the molecule is CCCN1C(=O)C(=Cc2ccc(O)c(I)c2)NC1=S. The van der Waals surface area contributed by atoms with Crippen LogP contribution in [0.5, 0.6) is 5.75 Å². The van der Waals surface area contributed by atoms with Crippen LogP contribution in [0.25, 0.3) is 6.08 Å². The number of aromatic hydroxyl groups is 1. The van der Waals surface area contributed by atoms with Crippen molar-refractivity contribution in [3.05, 3.63) is 33.0 Å². The van der Waals surface area contributed by atoms with Crippen LogP contribution in [0.2, 0.25) is 0 Å². The summed E-state index contributed by atoms with van der Waals surface area (Å²) in [5.41, 5.74) is 1.32. The van der Waals surface area contributed by atoms with Crippen LogP contribution >= 0.6 is 34.8 Å². The Labute approximate surface area is 130 Å². The second-order valence-corrected chi connectivity index (χ2v) is 5.70. The summed E-state index contributed by atoms with van der Waals surface area (Å²) >= 11 is 7.18. The minimum absolute atomic E-state index is 0.102. The van der Waals surface area contributed by atoms with Gasteiger partial charge in [-0.1, -0.05) is 13.0 Å². The summed E-state index contributed by atoms with van der Waals surface area (Å²) in [6.45, 7) is 2.62. The van der Waals surface area contributed by atoms with Gasteiger partial charge in [-0.05, 0) is 65.0 Å². The van der Waals surface area contributed by atoms with Crippen molar-refractivity contribution in [3.8, 4) is 5.75 Å². The van der Waals surface area contributed by atoms with Gasteiger partial charge in [0.2, 0.25) is 0 Å². The Kier molecular flexibility index (Phi) is 4.41. The molecule has 0 saturated carbocycles. The van der Waals surface area contributed by atoms with E-state index in [1.54, 1.807) is 23.1 Å². The van der Waals surface area contributed by atoms with Crippen LogP contribution in [0.4, 0.5) is 0 Å². The highest BCUT2D eigenvalue weighted by atomic mass is 127. The van der Waals surface area contributed by atoms with Gasteiger partial charge >= 0.3 is 0 Å². The summed E-state index contributed by atoms with van der Waals surface area (Å²) in [6.07, 6.45) is 2.60. The summed E-state index contributed by atoms with van der Waals surface area (Å²) in [4.78, 5) is 13.7. The van der Waals surface area contributed by atoms with Crippen LogP contribution in [-0.2, 0) is 4.79 Å². The molecule has 0 bridgehead atoms. The Morgan fingerprint density at radius 3 is 2.89 bits per heavy atom. The second kappa shape index (κ2) is 5.87. The first kappa shape index (κ1) is 14.3. The molecule has 0 aliphatic carbocycles. The summed E-state index contributed by atoms with van der Waals surface area (Å²) < 4.78 is 0.741. The molecule has 0 unspecified atom stereocenters. The number of amides is 1.